The first-order chi connectivity index (χ1) is 6.79. The Kier molecular flexibility index (Phi) is 3.38. The van der Waals surface area contributed by atoms with E-state index in [1.165, 1.54) is 11.3 Å². The molecule has 14 heavy (non-hydrogen) atoms. The number of hydrogen-bond acceptors (Lipinski definition) is 4. The Bertz CT molecular complexity index is 424. The molecule has 2 rings (SSSR count). The largest absolute Gasteiger partial charge is 0.148 e. The molecule has 0 fully saturated rings. The Morgan fingerprint density at radius 1 is 1.36 bits per heavy atom. The van der Waals surface area contributed by atoms with Crippen LogP contribution in [-0.2, 0) is 6.42 Å². The second kappa shape index (κ2) is 4.57. The van der Waals surface area contributed by atoms with Gasteiger partial charge in [0.15, 0.2) is 0 Å². The summed E-state index contributed by atoms with van der Waals surface area (Å²) in [6.07, 6.45) is 0.775. The predicted octanol–water partition coefficient (Wildman–Crippen LogP) is 3.70. The van der Waals surface area contributed by atoms with Crippen LogP contribution in [0, 0.1) is 0 Å². The molecule has 0 spiro atoms. The summed E-state index contributed by atoms with van der Waals surface area (Å²) in [6.45, 7) is 0. The number of thiophene rings is 1. The van der Waals surface area contributed by atoms with Crippen molar-refractivity contribution >= 4 is 45.9 Å². The van der Waals surface area contributed by atoms with Gasteiger partial charge in [0.05, 0.1) is 4.34 Å². The molecule has 0 aliphatic rings. The van der Waals surface area contributed by atoms with Crippen LogP contribution >= 0.6 is 45.9 Å². The lowest BCUT2D eigenvalue weighted by Gasteiger charge is -1.85. The molecule has 0 N–H and O–H groups in total. The van der Waals surface area contributed by atoms with Gasteiger partial charge in [-0.1, -0.05) is 22.9 Å². The summed E-state index contributed by atoms with van der Waals surface area (Å²) in [5.74, 6) is 0.582. The molecule has 0 aliphatic carbocycles. The zero-order valence-corrected chi connectivity index (χ0v) is 10.2. The van der Waals surface area contributed by atoms with E-state index in [4.69, 9.17) is 23.2 Å². The maximum absolute atomic E-state index is 5.83. The zero-order chi connectivity index (χ0) is 9.97. The Morgan fingerprint density at radius 3 is 2.86 bits per heavy atom. The summed E-state index contributed by atoms with van der Waals surface area (Å²) in [7, 11) is 0. The van der Waals surface area contributed by atoms with Crippen molar-refractivity contribution in [1.29, 1.82) is 0 Å². The maximum atomic E-state index is 5.83. The highest BCUT2D eigenvalue weighted by molar-refractivity contribution is 7.16. The first-order valence-electron chi connectivity index (χ1n) is 3.92. The van der Waals surface area contributed by atoms with E-state index in [1.54, 1.807) is 11.3 Å². The van der Waals surface area contributed by atoms with Crippen LogP contribution < -0.4 is 0 Å². The summed E-state index contributed by atoms with van der Waals surface area (Å²) in [4.78, 5) is 0. The van der Waals surface area contributed by atoms with Gasteiger partial charge in [0, 0.05) is 23.2 Å². The van der Waals surface area contributed by atoms with Gasteiger partial charge in [0.1, 0.15) is 10.0 Å². The van der Waals surface area contributed by atoms with Crippen LogP contribution in [-0.4, -0.2) is 16.1 Å². The average molecular weight is 265 g/mol. The van der Waals surface area contributed by atoms with Crippen molar-refractivity contribution < 1.29 is 0 Å². The fourth-order valence-corrected chi connectivity index (χ4v) is 3.03. The van der Waals surface area contributed by atoms with Gasteiger partial charge >= 0.3 is 0 Å². The van der Waals surface area contributed by atoms with Crippen LogP contribution in [0.15, 0.2) is 11.4 Å². The molecule has 0 saturated carbocycles. The van der Waals surface area contributed by atoms with E-state index in [-0.39, 0.29) is 0 Å². The molecule has 0 aliphatic heterocycles. The van der Waals surface area contributed by atoms with E-state index >= 15 is 0 Å². The minimum atomic E-state index is 0.582. The van der Waals surface area contributed by atoms with Crippen molar-refractivity contribution in [3.63, 3.8) is 0 Å². The third kappa shape index (κ3) is 2.25. The van der Waals surface area contributed by atoms with Gasteiger partial charge in [0.25, 0.3) is 0 Å². The highest BCUT2D eigenvalue weighted by Gasteiger charge is 2.07. The molecule has 6 heteroatoms. The van der Waals surface area contributed by atoms with E-state index in [0.29, 0.717) is 5.88 Å². The number of halogens is 2. The second-order valence-corrected chi connectivity index (χ2v) is 5.56. The van der Waals surface area contributed by atoms with Gasteiger partial charge in [-0.15, -0.1) is 33.1 Å². The molecular formula is C8H6Cl2N2S2. The lowest BCUT2D eigenvalue weighted by Crippen LogP contribution is -1.82. The molecule has 2 aromatic rings. The number of alkyl halides is 1. The molecule has 0 aromatic carbocycles. The van der Waals surface area contributed by atoms with Crippen LogP contribution in [0.3, 0.4) is 0 Å². The van der Waals surface area contributed by atoms with Gasteiger partial charge in [-0.3, -0.25) is 0 Å². The maximum Gasteiger partial charge on any atom is 0.148 e. The summed E-state index contributed by atoms with van der Waals surface area (Å²) in [6, 6.07) is 1.90. The molecule has 0 bridgehead atoms. The van der Waals surface area contributed by atoms with Gasteiger partial charge in [-0.2, -0.15) is 0 Å². The third-order valence-corrected chi connectivity index (χ3v) is 3.90. The summed E-state index contributed by atoms with van der Waals surface area (Å²) in [5.41, 5.74) is 1.04. The molecule has 0 atom stereocenters. The SMILES string of the molecule is ClCCc1nnc(-c2csc(Cl)c2)s1. The Hall–Kier alpha value is -0.160. The first kappa shape index (κ1) is 10.4. The fraction of sp³-hybridized carbons (Fsp3) is 0.250. The monoisotopic (exact) mass is 264 g/mol. The number of aryl methyl sites for hydroxylation is 1. The van der Waals surface area contributed by atoms with Crippen molar-refractivity contribution in [1.82, 2.24) is 10.2 Å². The van der Waals surface area contributed by atoms with E-state index in [2.05, 4.69) is 10.2 Å². The van der Waals surface area contributed by atoms with Crippen LogP contribution in [0.4, 0.5) is 0 Å². The summed E-state index contributed by atoms with van der Waals surface area (Å²) < 4.78 is 0.772. The fourth-order valence-electron chi connectivity index (χ4n) is 0.974. The molecule has 0 unspecified atom stereocenters. The third-order valence-electron chi connectivity index (χ3n) is 1.59. The lowest BCUT2D eigenvalue weighted by molar-refractivity contribution is 0.990. The van der Waals surface area contributed by atoms with Crippen molar-refractivity contribution in [2.45, 2.75) is 6.42 Å². The van der Waals surface area contributed by atoms with E-state index in [0.717, 1.165) is 26.3 Å². The van der Waals surface area contributed by atoms with Crippen LogP contribution in [0.25, 0.3) is 10.6 Å². The number of nitrogens with zero attached hydrogens (tertiary/aromatic N) is 2. The van der Waals surface area contributed by atoms with Crippen molar-refractivity contribution in [3.8, 4) is 10.6 Å². The minimum Gasteiger partial charge on any atom is -0.143 e. The molecule has 2 heterocycles. The molecular weight excluding hydrogens is 259 g/mol. The van der Waals surface area contributed by atoms with Crippen LogP contribution in [0.1, 0.15) is 5.01 Å². The van der Waals surface area contributed by atoms with Crippen molar-refractivity contribution in [2.75, 3.05) is 5.88 Å². The van der Waals surface area contributed by atoms with Crippen molar-refractivity contribution in [2.24, 2.45) is 0 Å². The summed E-state index contributed by atoms with van der Waals surface area (Å²) >= 11 is 14.5. The van der Waals surface area contributed by atoms with Crippen LogP contribution in [0.2, 0.25) is 4.34 Å². The molecule has 2 nitrogen and oxygen atoms in total. The minimum absolute atomic E-state index is 0.582. The van der Waals surface area contributed by atoms with Gasteiger partial charge in [0.2, 0.25) is 0 Å². The lowest BCUT2D eigenvalue weighted by atomic mass is 10.4. The number of rotatable bonds is 3. The molecule has 2 aromatic heterocycles. The topological polar surface area (TPSA) is 25.8 Å². The van der Waals surface area contributed by atoms with Gasteiger partial charge in [-0.05, 0) is 6.07 Å². The van der Waals surface area contributed by atoms with Crippen molar-refractivity contribution in [3.05, 3.63) is 20.8 Å². The Morgan fingerprint density at radius 2 is 2.21 bits per heavy atom. The molecule has 0 saturated heterocycles. The summed E-state index contributed by atoms with van der Waals surface area (Å²) in [5, 5.41) is 12.0. The second-order valence-electron chi connectivity index (χ2n) is 2.58. The Labute approximate surface area is 99.5 Å². The van der Waals surface area contributed by atoms with Crippen LogP contribution in [0.5, 0.6) is 0 Å². The highest BCUT2D eigenvalue weighted by atomic mass is 35.5. The number of hydrogen-bond donors (Lipinski definition) is 0. The normalized spacial score (nSPS) is 10.7. The highest BCUT2D eigenvalue weighted by Crippen LogP contribution is 2.30. The first-order valence-corrected chi connectivity index (χ1v) is 6.53. The predicted molar refractivity (Wildman–Crippen MR) is 62.7 cm³/mol. The molecule has 0 radical (unpaired) electrons. The average Bonchev–Trinajstić information content (AvgIpc) is 2.74. The van der Waals surface area contributed by atoms with E-state index in [1.807, 2.05) is 11.4 Å². The number of aromatic nitrogens is 2. The van der Waals surface area contributed by atoms with E-state index < -0.39 is 0 Å². The molecule has 0 amide bonds. The molecule has 74 valence electrons. The Balaban J connectivity index is 2.24. The van der Waals surface area contributed by atoms with Gasteiger partial charge < -0.3 is 0 Å². The quantitative estimate of drug-likeness (QED) is 0.791. The van der Waals surface area contributed by atoms with Gasteiger partial charge in [-0.25, -0.2) is 0 Å². The van der Waals surface area contributed by atoms with E-state index in [9.17, 15) is 0 Å². The zero-order valence-electron chi connectivity index (χ0n) is 7.04. The smallest absolute Gasteiger partial charge is 0.143 e. The standard InChI is InChI=1S/C8H6Cl2N2S2/c9-2-1-7-11-12-8(14-7)5-3-6(10)13-4-5/h3-4H,1-2H2.